The molecule has 0 aromatic heterocycles. The zero-order valence-electron chi connectivity index (χ0n) is 13.0. The van der Waals surface area contributed by atoms with Gasteiger partial charge < -0.3 is 15.2 Å². The summed E-state index contributed by atoms with van der Waals surface area (Å²) in [6.45, 7) is 0. The molecule has 0 heterocycles. The number of rotatable bonds is 5. The summed E-state index contributed by atoms with van der Waals surface area (Å²) in [5.74, 6) is -1.14. The van der Waals surface area contributed by atoms with Crippen LogP contribution in [0.5, 0.6) is 5.75 Å². The molecule has 2 N–H and O–H groups in total. The van der Waals surface area contributed by atoms with Gasteiger partial charge >= 0.3 is 5.97 Å². The van der Waals surface area contributed by atoms with E-state index in [0.717, 1.165) is 5.56 Å². The number of amides is 1. The van der Waals surface area contributed by atoms with Crippen LogP contribution in [0.15, 0.2) is 48.5 Å². The number of methoxy groups -OCH3 is 1. The minimum absolute atomic E-state index is 0.0426. The number of hydrogen-bond acceptors (Lipinski definition) is 5. The molecule has 0 spiro atoms. The second kappa shape index (κ2) is 7.79. The molecule has 122 valence electrons. The van der Waals surface area contributed by atoms with Crippen LogP contribution < -0.4 is 5.32 Å². The maximum absolute atomic E-state index is 12.3. The van der Waals surface area contributed by atoms with Crippen LogP contribution in [0.3, 0.4) is 0 Å². The standard InChI is InChI=1S/C18H16N2O4/c1-24-18(23)16(9-12-4-2-5-13(8-12)11-19)20-17(22)14-6-3-7-15(21)10-14/h2-8,10,16,21H,9H2,1H3,(H,20,22)/t16-/m0/s1. The van der Waals surface area contributed by atoms with Gasteiger partial charge in [-0.05, 0) is 35.9 Å². The Morgan fingerprint density at radius 2 is 2.00 bits per heavy atom. The topological polar surface area (TPSA) is 99.4 Å². The molecular weight excluding hydrogens is 308 g/mol. The van der Waals surface area contributed by atoms with Gasteiger partial charge in [-0.15, -0.1) is 0 Å². The summed E-state index contributed by atoms with van der Waals surface area (Å²) in [4.78, 5) is 24.2. The van der Waals surface area contributed by atoms with Crippen LogP contribution >= 0.6 is 0 Å². The minimum Gasteiger partial charge on any atom is -0.508 e. The molecule has 0 aliphatic rings. The van der Waals surface area contributed by atoms with Crippen molar-refractivity contribution in [3.8, 4) is 11.8 Å². The van der Waals surface area contributed by atoms with Crippen LogP contribution in [-0.2, 0) is 16.0 Å². The molecule has 0 aliphatic carbocycles. The fourth-order valence-electron chi connectivity index (χ4n) is 2.23. The fourth-order valence-corrected chi connectivity index (χ4v) is 2.23. The predicted octanol–water partition coefficient (Wildman–Crippen LogP) is 1.78. The number of aromatic hydroxyl groups is 1. The monoisotopic (exact) mass is 324 g/mol. The molecule has 1 atom stereocenters. The SMILES string of the molecule is COC(=O)[C@H](Cc1cccc(C#N)c1)NC(=O)c1cccc(O)c1. The Morgan fingerprint density at radius 1 is 1.25 bits per heavy atom. The predicted molar refractivity (Wildman–Crippen MR) is 86.2 cm³/mol. The molecule has 0 unspecified atom stereocenters. The lowest BCUT2D eigenvalue weighted by atomic mass is 10.0. The highest BCUT2D eigenvalue weighted by Gasteiger charge is 2.23. The molecule has 1 amide bonds. The second-order valence-electron chi connectivity index (χ2n) is 5.12. The maximum Gasteiger partial charge on any atom is 0.328 e. The minimum atomic E-state index is -0.904. The van der Waals surface area contributed by atoms with E-state index in [-0.39, 0.29) is 17.7 Å². The molecule has 0 radical (unpaired) electrons. The molecular formula is C18H16N2O4. The maximum atomic E-state index is 12.3. The number of esters is 1. The molecule has 0 bridgehead atoms. The van der Waals surface area contributed by atoms with Crippen molar-refractivity contribution in [3.63, 3.8) is 0 Å². The lowest BCUT2D eigenvalue weighted by Crippen LogP contribution is -2.43. The van der Waals surface area contributed by atoms with Crippen molar-refractivity contribution in [1.82, 2.24) is 5.32 Å². The zero-order chi connectivity index (χ0) is 17.5. The van der Waals surface area contributed by atoms with Gasteiger partial charge in [0.1, 0.15) is 11.8 Å². The third-order valence-electron chi connectivity index (χ3n) is 3.40. The van der Waals surface area contributed by atoms with Crippen LogP contribution in [0, 0.1) is 11.3 Å². The lowest BCUT2D eigenvalue weighted by molar-refractivity contribution is -0.142. The third-order valence-corrected chi connectivity index (χ3v) is 3.40. The van der Waals surface area contributed by atoms with Crippen LogP contribution in [0.4, 0.5) is 0 Å². The Hall–Kier alpha value is -3.33. The van der Waals surface area contributed by atoms with Crippen LogP contribution in [0.2, 0.25) is 0 Å². The van der Waals surface area contributed by atoms with Crippen molar-refractivity contribution in [2.45, 2.75) is 12.5 Å². The number of ether oxygens (including phenoxy) is 1. The van der Waals surface area contributed by atoms with Gasteiger partial charge in [0.05, 0.1) is 18.7 Å². The summed E-state index contributed by atoms with van der Waals surface area (Å²) in [5, 5.41) is 21.0. The highest BCUT2D eigenvalue weighted by atomic mass is 16.5. The summed E-state index contributed by atoms with van der Waals surface area (Å²) in [5.41, 5.74) is 1.42. The van der Waals surface area contributed by atoms with Gasteiger partial charge in [-0.3, -0.25) is 4.79 Å². The van der Waals surface area contributed by atoms with Crippen molar-refractivity contribution in [3.05, 3.63) is 65.2 Å². The number of phenols is 1. The van der Waals surface area contributed by atoms with E-state index in [2.05, 4.69) is 5.32 Å². The molecule has 0 saturated carbocycles. The second-order valence-corrected chi connectivity index (χ2v) is 5.12. The van der Waals surface area contributed by atoms with E-state index in [4.69, 9.17) is 10.00 Å². The first-order valence-corrected chi connectivity index (χ1v) is 7.20. The van der Waals surface area contributed by atoms with Crippen molar-refractivity contribution >= 4 is 11.9 Å². The van der Waals surface area contributed by atoms with Crippen LogP contribution in [0.25, 0.3) is 0 Å². The van der Waals surface area contributed by atoms with Crippen LogP contribution in [-0.4, -0.2) is 30.1 Å². The lowest BCUT2D eigenvalue weighted by Gasteiger charge is -2.17. The molecule has 6 heteroatoms. The number of nitriles is 1. The van der Waals surface area contributed by atoms with Gasteiger partial charge in [-0.2, -0.15) is 5.26 Å². The largest absolute Gasteiger partial charge is 0.508 e. The smallest absolute Gasteiger partial charge is 0.328 e. The zero-order valence-corrected chi connectivity index (χ0v) is 13.0. The van der Waals surface area contributed by atoms with E-state index < -0.39 is 17.9 Å². The Balaban J connectivity index is 2.18. The highest BCUT2D eigenvalue weighted by Crippen LogP contribution is 2.12. The van der Waals surface area contributed by atoms with E-state index in [1.807, 2.05) is 6.07 Å². The Kier molecular flexibility index (Phi) is 5.53. The van der Waals surface area contributed by atoms with Gasteiger partial charge in [0.15, 0.2) is 0 Å². The van der Waals surface area contributed by atoms with E-state index in [9.17, 15) is 14.7 Å². The first-order valence-electron chi connectivity index (χ1n) is 7.20. The molecule has 0 fully saturated rings. The number of hydrogen-bond donors (Lipinski definition) is 2. The summed E-state index contributed by atoms with van der Waals surface area (Å²) in [6, 6.07) is 13.7. The van der Waals surface area contributed by atoms with Crippen LogP contribution in [0.1, 0.15) is 21.5 Å². The summed E-state index contributed by atoms with van der Waals surface area (Å²) in [7, 11) is 1.24. The molecule has 6 nitrogen and oxygen atoms in total. The molecule has 0 aliphatic heterocycles. The summed E-state index contributed by atoms with van der Waals surface area (Å²) < 4.78 is 4.73. The van der Waals surface area contributed by atoms with Gasteiger partial charge in [0.2, 0.25) is 0 Å². The van der Waals surface area contributed by atoms with Gasteiger partial charge in [0, 0.05) is 12.0 Å². The number of carbonyl (C=O) groups is 2. The average Bonchev–Trinajstić information content (AvgIpc) is 2.60. The normalized spacial score (nSPS) is 11.2. The Labute approximate surface area is 139 Å². The summed E-state index contributed by atoms with van der Waals surface area (Å²) >= 11 is 0. The number of nitrogens with one attached hydrogen (secondary N) is 1. The molecule has 2 aromatic carbocycles. The summed E-state index contributed by atoms with van der Waals surface area (Å²) in [6.07, 6.45) is 0.187. The van der Waals surface area contributed by atoms with Crippen molar-refractivity contribution in [2.24, 2.45) is 0 Å². The van der Waals surface area contributed by atoms with Crippen molar-refractivity contribution in [1.29, 1.82) is 5.26 Å². The molecule has 2 aromatic rings. The van der Waals surface area contributed by atoms with E-state index >= 15 is 0 Å². The average molecular weight is 324 g/mol. The van der Waals surface area contributed by atoms with Gasteiger partial charge in [-0.25, -0.2) is 4.79 Å². The van der Waals surface area contributed by atoms with Gasteiger partial charge in [0.25, 0.3) is 5.91 Å². The molecule has 2 rings (SSSR count). The van der Waals surface area contributed by atoms with Crippen molar-refractivity contribution in [2.75, 3.05) is 7.11 Å². The Morgan fingerprint density at radius 3 is 2.67 bits per heavy atom. The Bertz CT molecular complexity index is 796. The quantitative estimate of drug-likeness (QED) is 0.817. The first kappa shape index (κ1) is 17.0. The number of phenolic OH excluding ortho intramolecular Hbond substituents is 1. The third kappa shape index (κ3) is 4.34. The van der Waals surface area contributed by atoms with Crippen molar-refractivity contribution < 1.29 is 19.4 Å². The fraction of sp³-hybridized carbons (Fsp3) is 0.167. The first-order chi connectivity index (χ1) is 11.5. The molecule has 24 heavy (non-hydrogen) atoms. The number of carbonyl (C=O) groups excluding carboxylic acids is 2. The van der Waals surface area contributed by atoms with Gasteiger partial charge in [-0.1, -0.05) is 18.2 Å². The highest BCUT2D eigenvalue weighted by molar-refractivity contribution is 5.97. The number of benzene rings is 2. The number of nitrogens with zero attached hydrogens (tertiary/aromatic N) is 1. The van der Waals surface area contributed by atoms with E-state index in [0.29, 0.717) is 5.56 Å². The van der Waals surface area contributed by atoms with E-state index in [1.54, 1.807) is 24.3 Å². The molecule has 0 saturated heterocycles. The van der Waals surface area contributed by atoms with E-state index in [1.165, 1.54) is 31.4 Å².